The molecule has 0 aromatic heterocycles. The number of aliphatic hydroxyl groups is 2. The van der Waals surface area contributed by atoms with Crippen LogP contribution in [-0.4, -0.2) is 47.4 Å². The van der Waals surface area contributed by atoms with Crippen LogP contribution in [0.25, 0.3) is 0 Å². The van der Waals surface area contributed by atoms with Gasteiger partial charge in [0.05, 0.1) is 25.4 Å². The van der Waals surface area contributed by atoms with Crippen LogP contribution in [-0.2, 0) is 14.3 Å². The minimum absolute atomic E-state index is 0.00299. The zero-order valence-corrected chi connectivity index (χ0v) is 48.4. The Morgan fingerprint density at radius 2 is 0.694 bits per heavy atom. The Morgan fingerprint density at radius 3 is 1.10 bits per heavy atom. The lowest BCUT2D eigenvalue weighted by Crippen LogP contribution is -2.45. The molecule has 72 heavy (non-hydrogen) atoms. The minimum atomic E-state index is -0.663. The molecule has 0 spiro atoms. The van der Waals surface area contributed by atoms with Crippen molar-refractivity contribution in [3.05, 3.63) is 36.5 Å². The fourth-order valence-corrected chi connectivity index (χ4v) is 9.96. The molecule has 0 aliphatic rings. The lowest BCUT2D eigenvalue weighted by molar-refractivity contribution is -0.143. The first-order chi connectivity index (χ1) is 35.5. The van der Waals surface area contributed by atoms with E-state index in [-0.39, 0.29) is 18.5 Å². The smallest absolute Gasteiger partial charge is 0.305 e. The maximum Gasteiger partial charge on any atom is 0.305 e. The largest absolute Gasteiger partial charge is 0.466 e. The maximum atomic E-state index is 12.5. The predicted molar refractivity (Wildman–Crippen MR) is 315 cm³/mol. The van der Waals surface area contributed by atoms with E-state index in [9.17, 15) is 19.8 Å². The van der Waals surface area contributed by atoms with Crippen molar-refractivity contribution in [3.63, 3.8) is 0 Å². The number of amides is 1. The molecular formula is C66H125NO5. The highest BCUT2D eigenvalue weighted by molar-refractivity contribution is 5.76. The van der Waals surface area contributed by atoms with Gasteiger partial charge in [-0.15, -0.1) is 0 Å². The van der Waals surface area contributed by atoms with Gasteiger partial charge in [0.25, 0.3) is 0 Å². The predicted octanol–water partition coefficient (Wildman–Crippen LogP) is 20.4. The molecule has 0 rings (SSSR count). The summed E-state index contributed by atoms with van der Waals surface area (Å²) in [6.07, 6.45) is 77.5. The molecule has 0 aliphatic carbocycles. The topological polar surface area (TPSA) is 95.9 Å². The zero-order chi connectivity index (χ0) is 52.2. The number of allylic oxidation sites excluding steroid dienone is 6. The third-order valence-corrected chi connectivity index (χ3v) is 14.9. The highest BCUT2D eigenvalue weighted by Gasteiger charge is 2.20. The first-order valence-electron chi connectivity index (χ1n) is 32.2. The van der Waals surface area contributed by atoms with Crippen LogP contribution >= 0.6 is 0 Å². The second kappa shape index (κ2) is 61.6. The Morgan fingerprint density at radius 1 is 0.389 bits per heavy atom. The van der Waals surface area contributed by atoms with Gasteiger partial charge >= 0.3 is 5.97 Å². The maximum absolute atomic E-state index is 12.5. The summed E-state index contributed by atoms with van der Waals surface area (Å²) < 4.78 is 5.46. The molecular weight excluding hydrogens is 887 g/mol. The molecule has 0 saturated carbocycles. The van der Waals surface area contributed by atoms with Crippen LogP contribution in [0.1, 0.15) is 348 Å². The molecule has 2 atom stereocenters. The van der Waals surface area contributed by atoms with Gasteiger partial charge in [-0.2, -0.15) is 0 Å². The fraction of sp³-hybridized carbons (Fsp3) is 0.879. The molecule has 424 valence electrons. The van der Waals surface area contributed by atoms with E-state index < -0.39 is 12.1 Å². The van der Waals surface area contributed by atoms with Crippen molar-refractivity contribution in [1.29, 1.82) is 0 Å². The highest BCUT2D eigenvalue weighted by atomic mass is 16.5. The molecule has 0 aromatic carbocycles. The first kappa shape index (κ1) is 70.1. The molecule has 0 bridgehead atoms. The quantitative estimate of drug-likeness (QED) is 0.0320. The second-order valence-electron chi connectivity index (χ2n) is 22.1. The standard InChI is InChI=1S/C66H125NO5/c1-3-5-7-9-11-13-15-38-42-46-50-54-58-64(69)63(62-68)67-65(70)59-55-51-47-43-39-36-34-32-30-28-26-24-22-20-18-17-19-21-23-25-27-29-31-33-35-37-41-45-49-53-57-61-72-66(71)60-56-52-48-44-40-16-14-12-10-8-6-4-2/h12,14,19,21,25,27,63-64,68-69H,3-11,13,15-18,20,22-24,26,28-62H2,1-2H3,(H,67,70)/b14-12-,21-19-,27-25-. The van der Waals surface area contributed by atoms with E-state index in [4.69, 9.17) is 4.74 Å². The van der Waals surface area contributed by atoms with Crippen LogP contribution in [0.15, 0.2) is 36.5 Å². The summed E-state index contributed by atoms with van der Waals surface area (Å²) in [4.78, 5) is 24.5. The first-order valence-corrected chi connectivity index (χ1v) is 32.2. The highest BCUT2D eigenvalue weighted by Crippen LogP contribution is 2.17. The monoisotopic (exact) mass is 1010 g/mol. The Bertz CT molecular complexity index is 1170. The van der Waals surface area contributed by atoms with Gasteiger partial charge in [0, 0.05) is 12.8 Å². The lowest BCUT2D eigenvalue weighted by Gasteiger charge is -2.22. The van der Waals surface area contributed by atoms with Crippen LogP contribution in [0, 0.1) is 0 Å². The van der Waals surface area contributed by atoms with Crippen molar-refractivity contribution in [2.45, 2.75) is 360 Å². The summed E-state index contributed by atoms with van der Waals surface area (Å²) in [6.45, 7) is 4.93. The summed E-state index contributed by atoms with van der Waals surface area (Å²) >= 11 is 0. The van der Waals surface area contributed by atoms with Gasteiger partial charge in [-0.1, -0.05) is 288 Å². The van der Waals surface area contributed by atoms with E-state index >= 15 is 0 Å². The summed E-state index contributed by atoms with van der Waals surface area (Å²) in [5.74, 6) is -0.0308. The van der Waals surface area contributed by atoms with Crippen molar-refractivity contribution >= 4 is 11.9 Å². The van der Waals surface area contributed by atoms with E-state index in [1.165, 1.54) is 263 Å². The zero-order valence-electron chi connectivity index (χ0n) is 48.4. The summed E-state index contributed by atoms with van der Waals surface area (Å²) in [5, 5.41) is 23.2. The van der Waals surface area contributed by atoms with Crippen LogP contribution in [0.2, 0.25) is 0 Å². The van der Waals surface area contributed by atoms with Crippen molar-refractivity contribution in [1.82, 2.24) is 5.32 Å². The van der Waals surface area contributed by atoms with Crippen molar-refractivity contribution in [2.24, 2.45) is 0 Å². The van der Waals surface area contributed by atoms with Gasteiger partial charge in [0.1, 0.15) is 0 Å². The molecule has 0 saturated heterocycles. The Kier molecular flexibility index (Phi) is 60.0. The number of hydrogen-bond donors (Lipinski definition) is 3. The van der Waals surface area contributed by atoms with E-state index in [0.29, 0.717) is 25.9 Å². The summed E-state index contributed by atoms with van der Waals surface area (Å²) in [6, 6.07) is -0.540. The number of esters is 1. The van der Waals surface area contributed by atoms with E-state index in [1.807, 2.05) is 0 Å². The minimum Gasteiger partial charge on any atom is -0.466 e. The number of rotatable bonds is 60. The number of carbonyl (C=O) groups is 2. The summed E-state index contributed by atoms with van der Waals surface area (Å²) in [7, 11) is 0. The normalized spacial score (nSPS) is 12.8. The van der Waals surface area contributed by atoms with E-state index in [1.54, 1.807) is 0 Å². The number of nitrogens with one attached hydrogen (secondary N) is 1. The second-order valence-corrected chi connectivity index (χ2v) is 22.1. The Balaban J connectivity index is 3.38. The van der Waals surface area contributed by atoms with Crippen LogP contribution < -0.4 is 5.32 Å². The molecule has 0 aromatic rings. The molecule has 2 unspecified atom stereocenters. The number of ether oxygens (including phenoxy) is 1. The number of unbranched alkanes of at least 4 members (excludes halogenated alkanes) is 43. The molecule has 3 N–H and O–H groups in total. The third kappa shape index (κ3) is 57.4. The molecule has 1 amide bonds. The van der Waals surface area contributed by atoms with Gasteiger partial charge in [0.15, 0.2) is 0 Å². The average molecular weight is 1010 g/mol. The molecule has 0 heterocycles. The van der Waals surface area contributed by atoms with E-state index in [2.05, 4.69) is 55.6 Å². The van der Waals surface area contributed by atoms with Crippen molar-refractivity contribution in [2.75, 3.05) is 13.2 Å². The average Bonchev–Trinajstić information content (AvgIpc) is 3.38. The van der Waals surface area contributed by atoms with Crippen molar-refractivity contribution in [3.8, 4) is 0 Å². The Labute approximate surface area is 449 Å². The number of hydrogen-bond acceptors (Lipinski definition) is 5. The number of carbonyl (C=O) groups excluding carboxylic acids is 2. The molecule has 0 fully saturated rings. The summed E-state index contributed by atoms with van der Waals surface area (Å²) in [5.41, 5.74) is 0. The molecule has 6 nitrogen and oxygen atoms in total. The molecule has 0 radical (unpaired) electrons. The Hall–Kier alpha value is -1.92. The SMILES string of the molecule is CCCCC/C=C\CCCCCCCC(=O)OCCCCCCCCCCC/C=C\C/C=C\CCCCCCCCCCCCCCCCCC(=O)NC(CO)C(O)CCCCCCCCCCCCCC. The molecule has 6 heteroatoms. The van der Waals surface area contributed by atoms with Crippen LogP contribution in [0.3, 0.4) is 0 Å². The molecule has 0 aliphatic heterocycles. The van der Waals surface area contributed by atoms with Gasteiger partial charge in [-0.05, 0) is 83.5 Å². The van der Waals surface area contributed by atoms with Gasteiger partial charge in [-0.3, -0.25) is 9.59 Å². The van der Waals surface area contributed by atoms with Gasteiger partial charge < -0.3 is 20.3 Å². The number of aliphatic hydroxyl groups excluding tert-OH is 2. The van der Waals surface area contributed by atoms with Gasteiger partial charge in [0.2, 0.25) is 5.91 Å². The lowest BCUT2D eigenvalue weighted by atomic mass is 10.0. The van der Waals surface area contributed by atoms with Crippen LogP contribution in [0.4, 0.5) is 0 Å². The van der Waals surface area contributed by atoms with Crippen LogP contribution in [0.5, 0.6) is 0 Å². The fourth-order valence-electron chi connectivity index (χ4n) is 9.96. The van der Waals surface area contributed by atoms with Crippen molar-refractivity contribution < 1.29 is 24.5 Å². The van der Waals surface area contributed by atoms with Gasteiger partial charge in [-0.25, -0.2) is 0 Å². The third-order valence-electron chi connectivity index (χ3n) is 14.9. The van der Waals surface area contributed by atoms with E-state index in [0.717, 1.165) is 51.4 Å².